The maximum atomic E-state index is 11.4. The molecule has 15 nitrogen and oxygen atoms in total. The molecule has 6 N–H and O–H groups in total. The minimum atomic E-state index is -0.645. The topological polar surface area (TPSA) is 231 Å². The number of halogens is 1. The van der Waals surface area contributed by atoms with Crippen LogP contribution in [0.25, 0.3) is 77.2 Å². The molecule has 320 valence electrons. The highest BCUT2D eigenvalue weighted by Crippen LogP contribution is 2.36. The Labute approximate surface area is 372 Å². The molecule has 0 bridgehead atoms. The number of rotatable bonds is 3. The van der Waals surface area contributed by atoms with Crippen LogP contribution in [0.15, 0.2) is 163 Å². The van der Waals surface area contributed by atoms with Crippen LogP contribution in [0.5, 0.6) is 0 Å². The number of para-hydroxylation sites is 4. The van der Waals surface area contributed by atoms with Gasteiger partial charge in [-0.15, -0.1) is 0 Å². The lowest BCUT2D eigenvalue weighted by Crippen LogP contribution is -2.18. The van der Waals surface area contributed by atoms with Crippen molar-refractivity contribution in [2.24, 2.45) is 5.73 Å². The molecule has 1 amide bonds. The number of benzene rings is 5. The number of hydrogen-bond acceptors (Lipinski definition) is 13. The van der Waals surface area contributed by atoms with E-state index in [4.69, 9.17) is 40.7 Å². The van der Waals surface area contributed by atoms with Gasteiger partial charge in [-0.05, 0) is 78.9 Å². The fourth-order valence-electron chi connectivity index (χ4n) is 7.97. The van der Waals surface area contributed by atoms with Crippen molar-refractivity contribution in [3.63, 3.8) is 0 Å². The number of aromatic nitrogens is 6. The Hall–Kier alpha value is -8.56. The van der Waals surface area contributed by atoms with E-state index >= 15 is 0 Å². The summed E-state index contributed by atoms with van der Waals surface area (Å²) in [6.45, 7) is 0. The average Bonchev–Trinajstić information content (AvgIpc) is 4.12. The highest BCUT2D eigenvalue weighted by molar-refractivity contribution is 6.34. The molecule has 0 radical (unpaired) electrons. The van der Waals surface area contributed by atoms with E-state index in [2.05, 4.69) is 59.5 Å². The van der Waals surface area contributed by atoms with Gasteiger partial charge in [0.05, 0.1) is 18.1 Å². The van der Waals surface area contributed by atoms with Gasteiger partial charge in [-0.1, -0.05) is 84.4 Å². The number of nitrogen functional groups attached to an aromatic ring is 1. The second-order valence-electron chi connectivity index (χ2n) is 14.9. The second-order valence-corrected chi connectivity index (χ2v) is 15.3. The Morgan fingerprint density at radius 2 is 1.15 bits per heavy atom. The van der Waals surface area contributed by atoms with Crippen LogP contribution in [-0.4, -0.2) is 35.8 Å². The molecule has 12 aromatic rings. The van der Waals surface area contributed by atoms with E-state index in [1.165, 1.54) is 30.2 Å². The molecule has 0 fully saturated rings. The number of primary amides is 1. The van der Waals surface area contributed by atoms with Gasteiger partial charge in [-0.2, -0.15) is 0 Å². The van der Waals surface area contributed by atoms with Crippen LogP contribution in [0.3, 0.4) is 0 Å². The summed E-state index contributed by atoms with van der Waals surface area (Å²) in [5.74, 6) is 0.160. The molecular formula is C49H36ClN9O6. The summed E-state index contributed by atoms with van der Waals surface area (Å²) in [5, 5.41) is 7.53. The number of carbonyl (C=O) groups excluding carboxylic acids is 1. The lowest BCUT2D eigenvalue weighted by atomic mass is 9.88. The van der Waals surface area contributed by atoms with Gasteiger partial charge in [0.1, 0.15) is 51.5 Å². The van der Waals surface area contributed by atoms with E-state index in [0.717, 1.165) is 68.0 Å². The van der Waals surface area contributed by atoms with Gasteiger partial charge in [-0.3, -0.25) is 9.59 Å². The number of aromatic amines is 1. The number of nitrogens with zero attached hydrogens (tertiary/aromatic N) is 5. The van der Waals surface area contributed by atoms with E-state index in [9.17, 15) is 9.59 Å². The van der Waals surface area contributed by atoms with E-state index in [-0.39, 0.29) is 22.9 Å². The third-order valence-corrected chi connectivity index (χ3v) is 11.2. The van der Waals surface area contributed by atoms with Crippen LogP contribution in [0.1, 0.15) is 40.6 Å². The van der Waals surface area contributed by atoms with Crippen LogP contribution >= 0.6 is 11.6 Å². The summed E-state index contributed by atoms with van der Waals surface area (Å²) in [6.07, 6.45) is 7.87. The molecule has 0 saturated carbocycles. The van der Waals surface area contributed by atoms with E-state index in [0.29, 0.717) is 33.1 Å². The number of hydrogen-bond donors (Lipinski definition) is 4. The van der Waals surface area contributed by atoms with E-state index in [1.54, 1.807) is 24.5 Å². The van der Waals surface area contributed by atoms with Crippen molar-refractivity contribution in [1.29, 1.82) is 0 Å². The van der Waals surface area contributed by atoms with Gasteiger partial charge in [0.2, 0.25) is 11.3 Å². The number of aryl methyl sites for hydroxylation is 1. The maximum Gasteiger partial charge on any atom is 0.294 e. The SMILES string of the molecule is Clc1ncnc2c1oc1ccccc12.NC(=O)c1oc2ccccc2c1N.O=c1[nH]cnc2c1oc1ccccc12.c1ccc2c(c1)CCCC2Nc1ncnc2c1oc1ccccc12. The lowest BCUT2D eigenvalue weighted by Gasteiger charge is -2.26. The number of furan rings is 4. The zero-order chi connectivity index (χ0) is 44.4. The molecule has 65 heavy (non-hydrogen) atoms. The number of nitrogens with two attached hydrogens (primary N) is 2. The summed E-state index contributed by atoms with van der Waals surface area (Å²) in [6, 6.07) is 39.2. The maximum absolute atomic E-state index is 11.4. The molecule has 1 aliphatic carbocycles. The van der Waals surface area contributed by atoms with Crippen molar-refractivity contribution in [3.05, 3.63) is 173 Å². The molecule has 16 heteroatoms. The van der Waals surface area contributed by atoms with E-state index in [1.807, 2.05) is 78.9 Å². The lowest BCUT2D eigenvalue weighted by molar-refractivity contribution is 0.0977. The molecule has 7 heterocycles. The third kappa shape index (κ3) is 7.80. The van der Waals surface area contributed by atoms with Crippen LogP contribution in [-0.2, 0) is 6.42 Å². The number of nitrogens with one attached hydrogen (secondary N) is 2. The Morgan fingerprint density at radius 1 is 0.631 bits per heavy atom. The summed E-state index contributed by atoms with van der Waals surface area (Å²) >= 11 is 5.88. The average molecular weight is 882 g/mol. The first-order valence-electron chi connectivity index (χ1n) is 20.5. The first-order chi connectivity index (χ1) is 31.8. The monoisotopic (exact) mass is 881 g/mol. The number of fused-ring (bicyclic) bond motifs is 11. The summed E-state index contributed by atoms with van der Waals surface area (Å²) in [5.41, 5.74) is 20.3. The summed E-state index contributed by atoms with van der Waals surface area (Å²) < 4.78 is 22.1. The van der Waals surface area contributed by atoms with Crippen molar-refractivity contribution < 1.29 is 22.5 Å². The molecule has 1 unspecified atom stereocenters. The number of H-pyrrole nitrogens is 1. The van der Waals surface area contributed by atoms with Gasteiger partial charge >= 0.3 is 0 Å². The molecule has 5 aromatic carbocycles. The fourth-order valence-corrected chi connectivity index (χ4v) is 8.15. The largest absolute Gasteiger partial charge is 0.451 e. The molecule has 0 saturated heterocycles. The molecular weight excluding hydrogens is 846 g/mol. The first kappa shape index (κ1) is 40.5. The van der Waals surface area contributed by atoms with Gasteiger partial charge in [-0.25, -0.2) is 24.9 Å². The quantitative estimate of drug-likeness (QED) is 0.121. The summed E-state index contributed by atoms with van der Waals surface area (Å²) in [7, 11) is 0. The smallest absolute Gasteiger partial charge is 0.294 e. The second kappa shape index (κ2) is 17.3. The highest BCUT2D eigenvalue weighted by atomic mass is 35.5. The number of anilines is 2. The number of carbonyl (C=O) groups is 1. The summed E-state index contributed by atoms with van der Waals surface area (Å²) in [4.78, 5) is 45.6. The van der Waals surface area contributed by atoms with Gasteiger partial charge in [0, 0.05) is 21.5 Å². The molecule has 1 atom stereocenters. The molecule has 0 spiro atoms. The highest BCUT2D eigenvalue weighted by Gasteiger charge is 2.22. The predicted octanol–water partition coefficient (Wildman–Crippen LogP) is 10.7. The van der Waals surface area contributed by atoms with Crippen molar-refractivity contribution in [2.75, 3.05) is 11.1 Å². The first-order valence-corrected chi connectivity index (χ1v) is 20.9. The zero-order valence-electron chi connectivity index (χ0n) is 34.2. The molecule has 13 rings (SSSR count). The Morgan fingerprint density at radius 3 is 1.80 bits per heavy atom. The van der Waals surface area contributed by atoms with Crippen LogP contribution < -0.4 is 22.3 Å². The van der Waals surface area contributed by atoms with Crippen molar-refractivity contribution >= 4 is 106 Å². The van der Waals surface area contributed by atoms with Gasteiger partial charge in [0.25, 0.3) is 11.5 Å². The standard InChI is InChI=1S/C20H17N3O.C10H5ClN2O.C10H6N2O2.C9H8N2O2/c1-2-8-14-13(6-1)7-5-10-16(14)23-20-19-18(21-12-22-20)15-9-3-4-11-17(15)24-19;11-10-9-8(12-5-13-10)6-3-1-2-4-7(6)14-9;13-10-9-8(11-5-12-10)6-3-1-2-4-7(6)14-9;10-7-5-3-1-2-4-6(5)13-8(7)9(11)12/h1-4,6,8-9,11-12,16H,5,7,10H2,(H,21,22,23);1-5H;1-5H,(H,11,12,13);1-4H,10H2,(H2,11,12). The van der Waals surface area contributed by atoms with Crippen LogP contribution in [0.4, 0.5) is 11.5 Å². The third-order valence-electron chi connectivity index (χ3n) is 11.0. The molecule has 0 aliphatic heterocycles. The zero-order valence-corrected chi connectivity index (χ0v) is 35.0. The Bertz CT molecular complexity index is 3760. The van der Waals surface area contributed by atoms with Crippen LogP contribution in [0.2, 0.25) is 5.15 Å². The van der Waals surface area contributed by atoms with Crippen molar-refractivity contribution in [1.82, 2.24) is 29.9 Å². The Kier molecular flexibility index (Phi) is 10.8. The predicted molar refractivity (Wildman–Crippen MR) is 251 cm³/mol. The molecule has 1 aliphatic rings. The van der Waals surface area contributed by atoms with Gasteiger partial charge in [0.15, 0.2) is 22.1 Å². The van der Waals surface area contributed by atoms with Crippen molar-refractivity contribution in [3.8, 4) is 0 Å². The van der Waals surface area contributed by atoms with Crippen molar-refractivity contribution in [2.45, 2.75) is 25.3 Å². The van der Waals surface area contributed by atoms with E-state index < -0.39 is 5.91 Å². The fraction of sp³-hybridized carbons (Fsp3) is 0.0816. The minimum absolute atomic E-state index is 0.0289. The van der Waals surface area contributed by atoms with Gasteiger partial charge < -0.3 is 39.4 Å². The normalized spacial score (nSPS) is 13.2. The van der Waals surface area contributed by atoms with Crippen LogP contribution in [0, 0.1) is 0 Å². The number of amides is 1. The molecule has 7 aromatic heterocycles. The minimum Gasteiger partial charge on any atom is -0.451 e. The Balaban J connectivity index is 0.000000106.